The summed E-state index contributed by atoms with van der Waals surface area (Å²) in [5, 5.41) is 21.5. The number of ether oxygens (including phenoxy) is 1. The Hall–Kier alpha value is -3.33. The number of anilines is 1. The minimum Gasteiger partial charge on any atom is -0.387 e. The maximum absolute atomic E-state index is 13.0. The van der Waals surface area contributed by atoms with Crippen molar-refractivity contribution in [3.05, 3.63) is 42.2 Å². The normalized spacial score (nSPS) is 22.2. The molecular formula is C25H31F3N8O3. The van der Waals surface area contributed by atoms with Gasteiger partial charge in [-0.05, 0) is 51.4 Å². The number of alkyl halides is 3. The second-order valence-electron chi connectivity index (χ2n) is 10.1. The van der Waals surface area contributed by atoms with Crippen molar-refractivity contribution in [2.24, 2.45) is 0 Å². The Kier molecular flexibility index (Phi) is 7.46. The highest BCUT2D eigenvalue weighted by Gasteiger charge is 2.45. The number of hydrogen-bond acceptors (Lipinski definition) is 9. The van der Waals surface area contributed by atoms with Gasteiger partial charge in [0.25, 0.3) is 0 Å². The van der Waals surface area contributed by atoms with Gasteiger partial charge in [0.2, 0.25) is 0 Å². The number of imidazole rings is 2. The van der Waals surface area contributed by atoms with E-state index in [9.17, 15) is 23.4 Å². The third kappa shape index (κ3) is 5.55. The monoisotopic (exact) mass is 548 g/mol. The highest BCUT2D eigenvalue weighted by Crippen LogP contribution is 2.33. The van der Waals surface area contributed by atoms with Gasteiger partial charge in [-0.1, -0.05) is 0 Å². The predicted molar refractivity (Wildman–Crippen MR) is 136 cm³/mol. The van der Waals surface area contributed by atoms with Crippen molar-refractivity contribution in [1.29, 1.82) is 0 Å². The van der Waals surface area contributed by atoms with Crippen LogP contribution in [-0.4, -0.2) is 82.0 Å². The molecule has 0 radical (unpaired) electrons. The van der Waals surface area contributed by atoms with Crippen LogP contribution in [0.4, 0.5) is 19.0 Å². The second-order valence-corrected chi connectivity index (χ2v) is 10.1. The standard InChI is InChI=1S/C25H31F3N8O3/c1-13(2)35(8-4-3-5-18-33-15-7-6-14(25(26,27)28)9-16(15)34-18)10-17-20(37)21(38)24(39-17)36-12-32-19-22(29)30-11-31-23(19)36/h6-7,9,11-13,17,20-21,24,37-38H,3-5,8,10H2,1-2H3,(H,33,34)(H2,29,30,31)/t17-,20-,21-,24-/m1/s1. The van der Waals surface area contributed by atoms with Gasteiger partial charge in [-0.2, -0.15) is 13.2 Å². The molecule has 4 heterocycles. The highest BCUT2D eigenvalue weighted by molar-refractivity contribution is 5.81. The summed E-state index contributed by atoms with van der Waals surface area (Å²) in [6.07, 6.45) is -3.35. The lowest BCUT2D eigenvalue weighted by molar-refractivity contribution is -0.137. The molecule has 39 heavy (non-hydrogen) atoms. The number of nitrogens with two attached hydrogens (primary N) is 1. The summed E-state index contributed by atoms with van der Waals surface area (Å²) < 4.78 is 46.6. The molecule has 1 aliphatic rings. The van der Waals surface area contributed by atoms with Gasteiger partial charge in [-0.25, -0.2) is 19.9 Å². The molecule has 4 aromatic rings. The zero-order valence-electron chi connectivity index (χ0n) is 21.5. The van der Waals surface area contributed by atoms with Gasteiger partial charge in [-0.15, -0.1) is 0 Å². The smallest absolute Gasteiger partial charge is 0.387 e. The zero-order valence-corrected chi connectivity index (χ0v) is 21.5. The first-order chi connectivity index (χ1) is 18.5. The van der Waals surface area contributed by atoms with Crippen molar-refractivity contribution in [3.63, 3.8) is 0 Å². The summed E-state index contributed by atoms with van der Waals surface area (Å²) in [5.74, 6) is 0.848. The third-order valence-corrected chi connectivity index (χ3v) is 7.11. The van der Waals surface area contributed by atoms with E-state index in [4.69, 9.17) is 10.5 Å². The van der Waals surface area contributed by atoms with E-state index in [0.29, 0.717) is 47.5 Å². The molecule has 5 N–H and O–H groups in total. The first-order valence-electron chi connectivity index (χ1n) is 12.8. The van der Waals surface area contributed by atoms with Crippen molar-refractivity contribution in [3.8, 4) is 0 Å². The summed E-state index contributed by atoms with van der Waals surface area (Å²) in [6.45, 7) is 5.16. The summed E-state index contributed by atoms with van der Waals surface area (Å²) >= 11 is 0. The van der Waals surface area contributed by atoms with E-state index in [-0.39, 0.29) is 11.9 Å². The van der Waals surface area contributed by atoms with Gasteiger partial charge in [0.1, 0.15) is 36.0 Å². The predicted octanol–water partition coefficient (Wildman–Crippen LogP) is 2.66. The molecule has 210 valence electrons. The topological polar surface area (TPSA) is 151 Å². The molecule has 0 unspecified atom stereocenters. The maximum atomic E-state index is 13.0. The number of fused-ring (bicyclic) bond motifs is 2. The Morgan fingerprint density at radius 1 is 1.15 bits per heavy atom. The van der Waals surface area contributed by atoms with Gasteiger partial charge < -0.3 is 25.7 Å². The fourth-order valence-corrected chi connectivity index (χ4v) is 4.92. The fourth-order valence-electron chi connectivity index (χ4n) is 4.92. The summed E-state index contributed by atoms with van der Waals surface area (Å²) in [7, 11) is 0. The molecule has 11 nitrogen and oxygen atoms in total. The number of hydrogen-bond donors (Lipinski definition) is 4. The lowest BCUT2D eigenvalue weighted by atomic mass is 10.1. The van der Waals surface area contributed by atoms with Crippen molar-refractivity contribution in [2.75, 3.05) is 18.8 Å². The van der Waals surface area contributed by atoms with Gasteiger partial charge in [0.15, 0.2) is 17.7 Å². The summed E-state index contributed by atoms with van der Waals surface area (Å²) in [6, 6.07) is 3.65. The number of aromatic nitrogens is 6. The van der Waals surface area contributed by atoms with Crippen molar-refractivity contribution >= 4 is 28.0 Å². The van der Waals surface area contributed by atoms with E-state index >= 15 is 0 Å². The van der Waals surface area contributed by atoms with Gasteiger partial charge in [0, 0.05) is 19.0 Å². The largest absolute Gasteiger partial charge is 0.416 e. The van der Waals surface area contributed by atoms with E-state index in [1.165, 1.54) is 18.7 Å². The van der Waals surface area contributed by atoms with Gasteiger partial charge in [-0.3, -0.25) is 9.47 Å². The van der Waals surface area contributed by atoms with Crippen molar-refractivity contribution in [2.45, 2.75) is 69.9 Å². The minimum absolute atomic E-state index is 0.144. The Bertz CT molecular complexity index is 1440. The number of H-pyrrole nitrogens is 1. The molecule has 5 rings (SSSR count). The van der Waals surface area contributed by atoms with E-state index in [0.717, 1.165) is 25.0 Å². The van der Waals surface area contributed by atoms with Crippen LogP contribution in [0.5, 0.6) is 0 Å². The Morgan fingerprint density at radius 2 is 1.95 bits per heavy atom. The first kappa shape index (κ1) is 27.2. The number of benzene rings is 1. The van der Waals surface area contributed by atoms with E-state index in [1.807, 2.05) is 13.8 Å². The Labute approximate surface area is 221 Å². The van der Waals surface area contributed by atoms with Crippen LogP contribution in [0.25, 0.3) is 22.2 Å². The number of aryl methyl sites for hydroxylation is 1. The number of rotatable bonds is 9. The molecule has 0 amide bonds. The molecule has 14 heteroatoms. The van der Waals surface area contributed by atoms with Crippen LogP contribution in [-0.2, 0) is 17.3 Å². The summed E-state index contributed by atoms with van der Waals surface area (Å²) in [4.78, 5) is 21.9. The van der Waals surface area contributed by atoms with Crippen LogP contribution in [0.3, 0.4) is 0 Å². The first-order valence-corrected chi connectivity index (χ1v) is 12.8. The number of nitrogens with zero attached hydrogens (tertiary/aromatic N) is 6. The molecule has 0 spiro atoms. The lowest BCUT2D eigenvalue weighted by Crippen LogP contribution is -2.43. The quantitative estimate of drug-likeness (QED) is 0.231. The molecule has 0 aliphatic carbocycles. The molecule has 1 aromatic carbocycles. The van der Waals surface area contributed by atoms with E-state index in [2.05, 4.69) is 29.8 Å². The van der Waals surface area contributed by atoms with Gasteiger partial charge >= 0.3 is 6.18 Å². The number of aliphatic hydroxyl groups is 2. The minimum atomic E-state index is -4.41. The number of aromatic amines is 1. The average Bonchev–Trinajstić information content (AvgIpc) is 3.57. The lowest BCUT2D eigenvalue weighted by Gasteiger charge is -2.30. The van der Waals surface area contributed by atoms with Crippen LogP contribution < -0.4 is 5.73 Å². The molecule has 1 saturated heterocycles. The van der Waals surface area contributed by atoms with Crippen LogP contribution in [0, 0.1) is 0 Å². The van der Waals surface area contributed by atoms with E-state index in [1.54, 1.807) is 4.57 Å². The molecule has 3 aromatic heterocycles. The number of nitrogens with one attached hydrogen (secondary N) is 1. The Morgan fingerprint density at radius 3 is 2.69 bits per heavy atom. The molecule has 1 fully saturated rings. The highest BCUT2D eigenvalue weighted by atomic mass is 19.4. The van der Waals surface area contributed by atoms with Crippen molar-refractivity contribution in [1.82, 2.24) is 34.4 Å². The maximum Gasteiger partial charge on any atom is 0.416 e. The number of halogens is 3. The zero-order chi connectivity index (χ0) is 27.9. The Balaban J connectivity index is 1.18. The third-order valence-electron chi connectivity index (χ3n) is 7.11. The SMILES string of the molecule is CC(C)N(CCCCc1nc2cc(C(F)(F)F)ccc2[nH]1)C[C@H]1O[C@@H](n2cnc3c(N)ncnc32)[C@H](O)[C@@H]1O. The molecule has 4 atom stereocenters. The number of unbranched alkanes of at least 4 members (excludes halogenated alkanes) is 1. The van der Waals surface area contributed by atoms with Crippen LogP contribution >= 0.6 is 0 Å². The molecule has 0 bridgehead atoms. The van der Waals surface area contributed by atoms with Crippen LogP contribution in [0.15, 0.2) is 30.9 Å². The molecule has 0 saturated carbocycles. The fraction of sp³-hybridized carbons (Fsp3) is 0.520. The average molecular weight is 549 g/mol. The molecule has 1 aliphatic heterocycles. The number of nitrogen functional groups attached to an aromatic ring is 1. The second kappa shape index (κ2) is 10.7. The molecular weight excluding hydrogens is 517 g/mol. The van der Waals surface area contributed by atoms with Crippen molar-refractivity contribution < 1.29 is 28.1 Å². The van der Waals surface area contributed by atoms with E-state index < -0.39 is 36.3 Å². The van der Waals surface area contributed by atoms with Gasteiger partial charge in [0.05, 0.1) is 22.9 Å². The van der Waals surface area contributed by atoms with Crippen LogP contribution in [0.2, 0.25) is 0 Å². The number of aliphatic hydroxyl groups excluding tert-OH is 2. The summed E-state index contributed by atoms with van der Waals surface area (Å²) in [5.41, 5.74) is 6.80. The van der Waals surface area contributed by atoms with Crippen LogP contribution in [0.1, 0.15) is 44.3 Å².